The van der Waals surface area contributed by atoms with Crippen molar-refractivity contribution >= 4 is 11.4 Å². The van der Waals surface area contributed by atoms with E-state index >= 15 is 0 Å². The van der Waals surface area contributed by atoms with E-state index in [1.165, 1.54) is 32.1 Å². The number of rotatable bonds is 3. The lowest BCUT2D eigenvalue weighted by Crippen LogP contribution is -2.19. The van der Waals surface area contributed by atoms with Gasteiger partial charge in [0.25, 0.3) is 5.69 Å². The molecule has 1 aliphatic rings. The molecule has 0 heterocycles. The fraction of sp³-hybridized carbons (Fsp3) is 0.600. The van der Waals surface area contributed by atoms with Gasteiger partial charge in [0.05, 0.1) is 4.92 Å². The quantitative estimate of drug-likeness (QED) is 0.502. The zero-order valence-electron chi connectivity index (χ0n) is 11.7. The summed E-state index contributed by atoms with van der Waals surface area (Å²) in [7, 11) is 0. The average Bonchev–Trinajstić information content (AvgIpc) is 2.57. The molecular formula is C15H22N2O2. The lowest BCUT2D eigenvalue weighted by Gasteiger charge is -2.19. The van der Waals surface area contributed by atoms with Crippen LogP contribution in [0.3, 0.4) is 0 Å². The van der Waals surface area contributed by atoms with Gasteiger partial charge >= 0.3 is 0 Å². The summed E-state index contributed by atoms with van der Waals surface area (Å²) in [6.45, 7) is 4.24. The van der Waals surface area contributed by atoms with Gasteiger partial charge in [-0.05, 0) is 43.7 Å². The summed E-state index contributed by atoms with van der Waals surface area (Å²) >= 11 is 0. The van der Waals surface area contributed by atoms with Gasteiger partial charge in [0.1, 0.15) is 0 Å². The predicted octanol–water partition coefficient (Wildman–Crippen LogP) is 4.28. The molecule has 1 saturated carbocycles. The zero-order valence-corrected chi connectivity index (χ0v) is 11.7. The number of benzene rings is 1. The number of aryl methyl sites for hydroxylation is 1. The van der Waals surface area contributed by atoms with Crippen LogP contribution in [-0.4, -0.2) is 11.0 Å². The van der Waals surface area contributed by atoms with Crippen molar-refractivity contribution in [3.05, 3.63) is 33.9 Å². The molecule has 4 nitrogen and oxygen atoms in total. The summed E-state index contributed by atoms with van der Waals surface area (Å²) in [4.78, 5) is 10.4. The second-order valence-electron chi connectivity index (χ2n) is 5.71. The molecule has 0 radical (unpaired) electrons. The zero-order chi connectivity index (χ0) is 13.8. The number of hydrogen-bond donors (Lipinski definition) is 1. The summed E-state index contributed by atoms with van der Waals surface area (Å²) in [5.74, 6) is 0.824. The lowest BCUT2D eigenvalue weighted by atomic mass is 10.0. The molecule has 1 fully saturated rings. The Morgan fingerprint density at radius 1 is 1.26 bits per heavy atom. The van der Waals surface area contributed by atoms with Crippen molar-refractivity contribution in [2.24, 2.45) is 5.92 Å². The maximum absolute atomic E-state index is 10.7. The average molecular weight is 262 g/mol. The van der Waals surface area contributed by atoms with E-state index in [0.29, 0.717) is 6.04 Å². The summed E-state index contributed by atoms with van der Waals surface area (Å²) in [5.41, 5.74) is 2.15. The molecule has 2 atom stereocenters. The summed E-state index contributed by atoms with van der Waals surface area (Å²) < 4.78 is 0. The van der Waals surface area contributed by atoms with E-state index in [1.807, 2.05) is 13.0 Å². The maximum Gasteiger partial charge on any atom is 0.269 e. The van der Waals surface area contributed by atoms with E-state index in [9.17, 15) is 10.1 Å². The van der Waals surface area contributed by atoms with Crippen LogP contribution in [0, 0.1) is 23.0 Å². The van der Waals surface area contributed by atoms with Crippen LogP contribution in [0.15, 0.2) is 18.2 Å². The number of nitrogens with one attached hydrogen (secondary N) is 1. The van der Waals surface area contributed by atoms with Gasteiger partial charge in [-0.2, -0.15) is 0 Å². The molecule has 0 aliphatic heterocycles. The fourth-order valence-corrected chi connectivity index (χ4v) is 2.77. The van der Waals surface area contributed by atoms with Gasteiger partial charge in [0, 0.05) is 23.9 Å². The van der Waals surface area contributed by atoms with Gasteiger partial charge in [-0.1, -0.05) is 19.8 Å². The smallest absolute Gasteiger partial charge is 0.269 e. The predicted molar refractivity (Wildman–Crippen MR) is 77.5 cm³/mol. The Bertz CT molecular complexity index is 459. The lowest BCUT2D eigenvalue weighted by molar-refractivity contribution is -0.384. The van der Waals surface area contributed by atoms with Crippen molar-refractivity contribution in [1.29, 1.82) is 0 Å². The molecule has 0 bridgehead atoms. The molecule has 1 aromatic carbocycles. The minimum atomic E-state index is -0.343. The summed E-state index contributed by atoms with van der Waals surface area (Å²) in [6, 6.07) is 5.56. The van der Waals surface area contributed by atoms with Crippen LogP contribution in [0.5, 0.6) is 0 Å². The Morgan fingerprint density at radius 2 is 2.05 bits per heavy atom. The maximum atomic E-state index is 10.7. The summed E-state index contributed by atoms with van der Waals surface area (Å²) in [6.07, 6.45) is 6.24. The Balaban J connectivity index is 2.04. The Kier molecular flexibility index (Phi) is 4.40. The highest BCUT2D eigenvalue weighted by Crippen LogP contribution is 2.27. The molecule has 2 rings (SSSR count). The highest BCUT2D eigenvalue weighted by Gasteiger charge is 2.17. The number of anilines is 1. The van der Waals surface area contributed by atoms with E-state index in [1.54, 1.807) is 12.1 Å². The molecule has 0 saturated heterocycles. The molecule has 104 valence electrons. The molecule has 0 amide bonds. The van der Waals surface area contributed by atoms with Crippen molar-refractivity contribution in [2.75, 3.05) is 5.32 Å². The van der Waals surface area contributed by atoms with Crippen LogP contribution in [0.4, 0.5) is 11.4 Å². The van der Waals surface area contributed by atoms with Gasteiger partial charge in [-0.15, -0.1) is 0 Å². The Morgan fingerprint density at radius 3 is 2.74 bits per heavy atom. The van der Waals surface area contributed by atoms with Crippen molar-refractivity contribution in [1.82, 2.24) is 0 Å². The number of nitro groups is 1. The van der Waals surface area contributed by atoms with Crippen molar-refractivity contribution in [2.45, 2.75) is 52.0 Å². The molecular weight excluding hydrogens is 240 g/mol. The Hall–Kier alpha value is -1.58. The van der Waals surface area contributed by atoms with Gasteiger partial charge in [0.2, 0.25) is 0 Å². The number of hydrogen-bond acceptors (Lipinski definition) is 3. The fourth-order valence-electron chi connectivity index (χ4n) is 2.77. The number of non-ortho nitro benzene ring substituents is 1. The van der Waals surface area contributed by atoms with Gasteiger partial charge in [-0.25, -0.2) is 0 Å². The third-order valence-corrected chi connectivity index (χ3v) is 4.04. The van der Waals surface area contributed by atoms with E-state index < -0.39 is 0 Å². The van der Waals surface area contributed by atoms with Crippen LogP contribution in [0.25, 0.3) is 0 Å². The SMILES string of the molecule is Cc1cc([N+](=O)[O-])ccc1NC1CCCC(C)CC1. The Labute approximate surface area is 114 Å². The van der Waals surface area contributed by atoms with Crippen LogP contribution < -0.4 is 5.32 Å². The van der Waals surface area contributed by atoms with Crippen LogP contribution in [0.1, 0.15) is 44.6 Å². The van der Waals surface area contributed by atoms with E-state index in [2.05, 4.69) is 12.2 Å². The standard InChI is InChI=1S/C15H22N2O2/c1-11-4-3-5-13(7-6-11)16-15-9-8-14(17(18)19)10-12(15)2/h8-11,13,16H,3-7H2,1-2H3. The third kappa shape index (κ3) is 3.69. The minimum Gasteiger partial charge on any atom is -0.382 e. The first-order valence-electron chi connectivity index (χ1n) is 7.08. The molecule has 4 heteroatoms. The van der Waals surface area contributed by atoms with E-state index in [-0.39, 0.29) is 10.6 Å². The molecule has 1 aliphatic carbocycles. The number of nitro benzene ring substituents is 1. The molecule has 1 aromatic rings. The second-order valence-corrected chi connectivity index (χ2v) is 5.71. The highest BCUT2D eigenvalue weighted by atomic mass is 16.6. The first-order valence-corrected chi connectivity index (χ1v) is 7.08. The molecule has 19 heavy (non-hydrogen) atoms. The van der Waals surface area contributed by atoms with Gasteiger partial charge < -0.3 is 5.32 Å². The summed E-state index contributed by atoms with van der Waals surface area (Å²) in [5, 5.41) is 14.3. The normalized spacial score (nSPS) is 23.7. The number of nitrogens with zero attached hydrogens (tertiary/aromatic N) is 1. The van der Waals surface area contributed by atoms with Gasteiger partial charge in [0.15, 0.2) is 0 Å². The van der Waals surface area contributed by atoms with Crippen LogP contribution >= 0.6 is 0 Å². The first kappa shape index (κ1) is 13.8. The molecule has 1 N–H and O–H groups in total. The monoisotopic (exact) mass is 262 g/mol. The first-order chi connectivity index (χ1) is 9.06. The topological polar surface area (TPSA) is 55.2 Å². The highest BCUT2D eigenvalue weighted by molar-refractivity contribution is 5.55. The van der Waals surface area contributed by atoms with Crippen LogP contribution in [-0.2, 0) is 0 Å². The molecule has 0 aromatic heterocycles. The van der Waals surface area contributed by atoms with Crippen molar-refractivity contribution < 1.29 is 4.92 Å². The van der Waals surface area contributed by atoms with Crippen molar-refractivity contribution in [3.8, 4) is 0 Å². The molecule has 2 unspecified atom stereocenters. The molecule has 0 spiro atoms. The van der Waals surface area contributed by atoms with E-state index in [0.717, 1.165) is 17.2 Å². The van der Waals surface area contributed by atoms with Crippen molar-refractivity contribution in [3.63, 3.8) is 0 Å². The minimum absolute atomic E-state index is 0.164. The third-order valence-electron chi connectivity index (χ3n) is 4.04. The van der Waals surface area contributed by atoms with Gasteiger partial charge in [-0.3, -0.25) is 10.1 Å². The second kappa shape index (κ2) is 6.04. The van der Waals surface area contributed by atoms with Crippen LogP contribution in [0.2, 0.25) is 0 Å². The van der Waals surface area contributed by atoms with E-state index in [4.69, 9.17) is 0 Å². The largest absolute Gasteiger partial charge is 0.382 e.